The molecule has 2 aromatic carbocycles. The van der Waals surface area contributed by atoms with Gasteiger partial charge in [-0.25, -0.2) is 4.99 Å². The van der Waals surface area contributed by atoms with Crippen molar-refractivity contribution in [2.45, 2.75) is 18.5 Å². The number of likely N-dealkylation sites (N-methyl/N-ethyl adjacent to an activating group) is 1. The third kappa shape index (κ3) is 5.94. The summed E-state index contributed by atoms with van der Waals surface area (Å²) >= 11 is 0. The molecule has 194 valence electrons. The molecule has 0 aromatic heterocycles. The minimum atomic E-state index is -4.62. The molecule has 0 spiro atoms. The van der Waals surface area contributed by atoms with Crippen molar-refractivity contribution >= 4 is 24.3 Å². The normalized spacial score (nSPS) is 21.5. The molecule has 2 heterocycles. The highest BCUT2D eigenvalue weighted by molar-refractivity contribution is 7.70. The highest BCUT2D eigenvalue weighted by Crippen LogP contribution is 2.35. The van der Waals surface area contributed by atoms with Crippen molar-refractivity contribution in [3.8, 4) is 0 Å². The summed E-state index contributed by atoms with van der Waals surface area (Å²) in [4.78, 5) is 8.56. The molecule has 1 fully saturated rings. The van der Waals surface area contributed by atoms with Gasteiger partial charge in [0.15, 0.2) is 0 Å². The minimum Gasteiger partial charge on any atom is -0.369 e. The highest BCUT2D eigenvalue weighted by atomic mass is 31.2. The molecule has 0 aliphatic carbocycles. The van der Waals surface area contributed by atoms with E-state index in [2.05, 4.69) is 32.5 Å². The van der Waals surface area contributed by atoms with Crippen molar-refractivity contribution < 1.29 is 17.7 Å². The van der Waals surface area contributed by atoms with E-state index in [9.17, 15) is 17.7 Å². The van der Waals surface area contributed by atoms with E-state index < -0.39 is 24.7 Å². The Morgan fingerprint density at radius 1 is 1.06 bits per heavy atom. The second-order valence-corrected chi connectivity index (χ2v) is 12.9. The molecule has 1 unspecified atom stereocenters. The number of benzene rings is 2. The van der Waals surface area contributed by atoms with Crippen LogP contribution in [-0.4, -0.2) is 63.8 Å². The van der Waals surface area contributed by atoms with Crippen molar-refractivity contribution in [3.63, 3.8) is 0 Å². The number of allylic oxidation sites excluding steroid dienone is 1. The number of hydrogen-bond acceptors (Lipinski definition) is 7. The number of piperazine rings is 1. The van der Waals surface area contributed by atoms with Gasteiger partial charge in [0, 0.05) is 55.5 Å². The van der Waals surface area contributed by atoms with Crippen LogP contribution in [0, 0.1) is 0 Å². The average Bonchev–Trinajstić information content (AvgIpc) is 2.82. The number of rotatable bonds is 6. The van der Waals surface area contributed by atoms with Gasteiger partial charge in [0.2, 0.25) is 5.79 Å². The highest BCUT2D eigenvalue weighted by Gasteiger charge is 2.41. The summed E-state index contributed by atoms with van der Waals surface area (Å²) in [7, 11) is -0.383. The maximum atomic E-state index is 13.7. The van der Waals surface area contributed by atoms with Crippen LogP contribution >= 0.6 is 7.14 Å². The fourth-order valence-electron chi connectivity index (χ4n) is 4.18. The predicted molar refractivity (Wildman–Crippen MR) is 139 cm³/mol. The molecule has 0 bridgehead atoms. The van der Waals surface area contributed by atoms with Gasteiger partial charge in [-0.1, -0.05) is 36.4 Å². The number of nitrogens with one attached hydrogen (secondary N) is 2. The molecule has 11 heteroatoms. The van der Waals surface area contributed by atoms with Crippen molar-refractivity contribution in [1.82, 2.24) is 15.5 Å². The van der Waals surface area contributed by atoms with Crippen molar-refractivity contribution in [3.05, 3.63) is 71.1 Å². The summed E-state index contributed by atoms with van der Waals surface area (Å²) in [6.45, 7) is 7.32. The molecule has 4 N–H and O–H groups in total. The van der Waals surface area contributed by atoms with E-state index in [4.69, 9.17) is 5.73 Å². The maximum absolute atomic E-state index is 13.7. The molecule has 7 nitrogen and oxygen atoms in total. The van der Waals surface area contributed by atoms with Gasteiger partial charge in [-0.3, -0.25) is 5.73 Å². The maximum Gasteiger partial charge on any atom is 0.421 e. The van der Waals surface area contributed by atoms with Gasteiger partial charge in [-0.05, 0) is 38.1 Å². The molecule has 0 radical (unpaired) electrons. The van der Waals surface area contributed by atoms with Gasteiger partial charge >= 0.3 is 6.18 Å². The first kappa shape index (κ1) is 26.3. The largest absolute Gasteiger partial charge is 0.421 e. The monoisotopic (exact) mass is 520 g/mol. The topological polar surface area (TPSA) is 86.0 Å². The Balaban J connectivity index is 1.50. The van der Waals surface area contributed by atoms with Crippen LogP contribution in [-0.2, 0) is 16.9 Å². The second kappa shape index (κ2) is 9.92. The van der Waals surface area contributed by atoms with Crippen LogP contribution in [0.5, 0.6) is 0 Å². The Labute approximate surface area is 209 Å². The van der Waals surface area contributed by atoms with Gasteiger partial charge < -0.3 is 25.0 Å². The third-order valence-electron chi connectivity index (χ3n) is 6.49. The lowest BCUT2D eigenvalue weighted by atomic mass is 10.1. The quantitative estimate of drug-likeness (QED) is 0.508. The Bertz CT molecular complexity index is 1180. The zero-order valence-corrected chi connectivity index (χ0v) is 21.5. The number of nitrogens with zero attached hydrogens (tertiary/aromatic N) is 3. The molecule has 2 aliphatic rings. The van der Waals surface area contributed by atoms with Crippen LogP contribution in [0.2, 0.25) is 0 Å². The van der Waals surface area contributed by atoms with E-state index in [0.29, 0.717) is 10.9 Å². The molecular formula is C25H32F3N6OP. The molecule has 1 atom stereocenters. The van der Waals surface area contributed by atoms with Crippen LogP contribution in [0.3, 0.4) is 0 Å². The number of aliphatic imine (C=N–C) groups is 1. The van der Waals surface area contributed by atoms with Gasteiger partial charge in [0.25, 0.3) is 0 Å². The van der Waals surface area contributed by atoms with E-state index in [0.717, 1.165) is 43.6 Å². The zero-order valence-electron chi connectivity index (χ0n) is 20.6. The standard InChI is InChI=1S/C25H32F3N6OP/c1-33-12-14-34(15-13-33)20-8-4-18(5-9-20)16-30-23-22(24(26,27)28)17-31-25(29,32-23)19-6-10-21(11-7-19)36(2,3)35/h4-11,17,30,32H,12-16,29H2,1-3H3. The Morgan fingerprint density at radius 2 is 1.67 bits per heavy atom. The van der Waals surface area contributed by atoms with Crippen molar-refractivity contribution in [2.75, 3.05) is 51.5 Å². The van der Waals surface area contributed by atoms with Crippen LogP contribution in [0.4, 0.5) is 18.9 Å². The molecule has 0 saturated carbocycles. The van der Waals surface area contributed by atoms with Gasteiger partial charge in [-0.15, -0.1) is 0 Å². The fourth-order valence-corrected chi connectivity index (χ4v) is 5.04. The predicted octanol–water partition coefficient (Wildman–Crippen LogP) is 2.99. The molecular weight excluding hydrogens is 488 g/mol. The molecule has 0 amide bonds. The number of alkyl halides is 3. The lowest BCUT2D eigenvalue weighted by molar-refractivity contribution is -0.0876. The van der Waals surface area contributed by atoms with Gasteiger partial charge in [-0.2, -0.15) is 13.2 Å². The zero-order chi connectivity index (χ0) is 26.1. The molecule has 2 aromatic rings. The number of hydrogen-bond donors (Lipinski definition) is 3. The van der Waals surface area contributed by atoms with Crippen molar-refractivity contribution in [2.24, 2.45) is 10.7 Å². The second-order valence-electron chi connectivity index (χ2n) is 9.64. The summed E-state index contributed by atoms with van der Waals surface area (Å²) in [6, 6.07) is 14.4. The van der Waals surface area contributed by atoms with Gasteiger partial charge in [0.1, 0.15) is 18.5 Å². The summed E-state index contributed by atoms with van der Waals surface area (Å²) in [6.07, 6.45) is -3.86. The number of nitrogens with two attached hydrogens (primary N) is 1. The average molecular weight is 521 g/mol. The number of anilines is 1. The van der Waals surface area contributed by atoms with Crippen LogP contribution in [0.1, 0.15) is 11.1 Å². The lowest BCUT2D eigenvalue weighted by Gasteiger charge is -2.34. The molecule has 4 rings (SSSR count). The summed E-state index contributed by atoms with van der Waals surface area (Å²) in [5, 5.41) is 6.27. The SMILES string of the molecule is CN1CCN(c2ccc(CNC3=C(C(F)(F)F)C=NC(N)(c4ccc(P(C)(C)=O)cc4)N3)cc2)CC1. The summed E-state index contributed by atoms with van der Waals surface area (Å²) < 4.78 is 53.5. The Kier molecular flexibility index (Phi) is 7.23. The first-order chi connectivity index (χ1) is 16.8. The molecule has 1 saturated heterocycles. The van der Waals surface area contributed by atoms with E-state index >= 15 is 0 Å². The minimum absolute atomic E-state index is 0.169. The molecule has 2 aliphatic heterocycles. The first-order valence-electron chi connectivity index (χ1n) is 11.7. The smallest absolute Gasteiger partial charge is 0.369 e. The summed E-state index contributed by atoms with van der Waals surface area (Å²) in [5.41, 5.74) is 7.84. The van der Waals surface area contributed by atoms with Crippen LogP contribution in [0.25, 0.3) is 0 Å². The summed E-state index contributed by atoms with van der Waals surface area (Å²) in [5.74, 6) is -1.85. The lowest BCUT2D eigenvalue weighted by Crippen LogP contribution is -2.54. The van der Waals surface area contributed by atoms with Gasteiger partial charge in [0.05, 0.1) is 0 Å². The third-order valence-corrected chi connectivity index (χ3v) is 8.03. The van der Waals surface area contributed by atoms with Crippen LogP contribution in [0.15, 0.2) is 64.9 Å². The van der Waals surface area contributed by atoms with E-state index in [1.54, 1.807) is 37.6 Å². The first-order valence-corrected chi connectivity index (χ1v) is 14.3. The number of halogens is 3. The van der Waals surface area contributed by atoms with E-state index in [-0.39, 0.29) is 12.4 Å². The van der Waals surface area contributed by atoms with Crippen LogP contribution < -0.4 is 26.6 Å². The van der Waals surface area contributed by atoms with Crippen molar-refractivity contribution in [1.29, 1.82) is 0 Å². The molecule has 36 heavy (non-hydrogen) atoms. The van der Waals surface area contributed by atoms with E-state index in [1.165, 1.54) is 0 Å². The Morgan fingerprint density at radius 3 is 2.22 bits per heavy atom. The Hall–Kier alpha value is -2.81. The van der Waals surface area contributed by atoms with E-state index in [1.807, 2.05) is 24.3 Å². The fraction of sp³-hybridized carbons (Fsp3) is 0.400.